The molecule has 1 aliphatic heterocycles. The summed E-state index contributed by atoms with van der Waals surface area (Å²) in [6.45, 7) is 1.08. The first-order chi connectivity index (χ1) is 16.6. The van der Waals surface area contributed by atoms with E-state index in [2.05, 4.69) is 10.1 Å². The number of ether oxygens (including phenoxy) is 2. The fraction of sp³-hybridized carbons (Fsp3) is 0.240. The zero-order valence-corrected chi connectivity index (χ0v) is 18.3. The Balaban J connectivity index is 1.28. The molecule has 0 spiro atoms. The average molecular weight is 462 g/mol. The molecule has 4 aromatic rings. The summed E-state index contributed by atoms with van der Waals surface area (Å²) in [5.41, 5.74) is 3.06. The topological polar surface area (TPSA) is 89.2 Å². The van der Waals surface area contributed by atoms with Gasteiger partial charge in [-0.05, 0) is 60.9 Å². The quantitative estimate of drug-likeness (QED) is 0.431. The van der Waals surface area contributed by atoms with E-state index in [-0.39, 0.29) is 18.5 Å². The Morgan fingerprint density at radius 2 is 1.97 bits per heavy atom. The highest BCUT2D eigenvalue weighted by atomic mass is 19.1. The maximum atomic E-state index is 13.4. The zero-order chi connectivity index (χ0) is 23.5. The Bertz CT molecular complexity index is 1310. The van der Waals surface area contributed by atoms with Crippen molar-refractivity contribution in [3.63, 3.8) is 0 Å². The van der Waals surface area contributed by atoms with Gasteiger partial charge in [-0.1, -0.05) is 12.1 Å². The van der Waals surface area contributed by atoms with E-state index in [0.717, 1.165) is 24.1 Å². The van der Waals surface area contributed by atoms with Gasteiger partial charge < -0.3 is 19.5 Å². The van der Waals surface area contributed by atoms with Crippen LogP contribution in [0.4, 0.5) is 9.18 Å². The molecule has 1 aliphatic rings. The van der Waals surface area contributed by atoms with Gasteiger partial charge >= 0.3 is 6.09 Å². The van der Waals surface area contributed by atoms with Crippen LogP contribution in [0.25, 0.3) is 16.9 Å². The normalized spacial score (nSPS) is 15.6. The lowest BCUT2D eigenvalue weighted by Crippen LogP contribution is -2.37. The fourth-order valence-electron chi connectivity index (χ4n) is 4.09. The molecule has 174 valence electrons. The molecule has 0 radical (unpaired) electrons. The van der Waals surface area contributed by atoms with Crippen LogP contribution in [0.1, 0.15) is 18.4 Å². The van der Waals surface area contributed by atoms with Gasteiger partial charge in [0, 0.05) is 18.2 Å². The Morgan fingerprint density at radius 1 is 1.12 bits per heavy atom. The number of hydrogen-bond acceptors (Lipinski definition) is 5. The van der Waals surface area contributed by atoms with Crippen LogP contribution in [0.2, 0.25) is 0 Å². The van der Waals surface area contributed by atoms with Crippen molar-refractivity contribution in [2.75, 3.05) is 13.2 Å². The van der Waals surface area contributed by atoms with Gasteiger partial charge in [0.15, 0.2) is 5.65 Å². The van der Waals surface area contributed by atoms with Crippen LogP contribution in [0.3, 0.4) is 0 Å². The van der Waals surface area contributed by atoms with E-state index in [1.165, 1.54) is 17.0 Å². The molecule has 34 heavy (non-hydrogen) atoms. The molecule has 9 heteroatoms. The molecule has 0 saturated carbocycles. The predicted octanol–water partition coefficient (Wildman–Crippen LogP) is 4.64. The Hall–Kier alpha value is -4.14. The molecule has 2 aromatic carbocycles. The second-order valence-corrected chi connectivity index (χ2v) is 8.11. The van der Waals surface area contributed by atoms with Gasteiger partial charge in [-0.15, -0.1) is 5.10 Å². The summed E-state index contributed by atoms with van der Waals surface area (Å²) in [5.74, 6) is 0.758. The number of rotatable bonds is 7. The third-order valence-corrected chi connectivity index (χ3v) is 5.83. The number of likely N-dealkylation sites (tertiary alicyclic amines) is 1. The van der Waals surface area contributed by atoms with E-state index in [0.29, 0.717) is 36.0 Å². The summed E-state index contributed by atoms with van der Waals surface area (Å²) in [7, 11) is 0. The predicted molar refractivity (Wildman–Crippen MR) is 122 cm³/mol. The van der Waals surface area contributed by atoms with Gasteiger partial charge in [-0.25, -0.2) is 18.7 Å². The lowest BCUT2D eigenvalue weighted by molar-refractivity contribution is 0.123. The lowest BCUT2D eigenvalue weighted by atomic mass is 10.1. The van der Waals surface area contributed by atoms with E-state index >= 15 is 0 Å². The molecule has 5 rings (SSSR count). The minimum atomic E-state index is -0.902. The van der Waals surface area contributed by atoms with Crippen molar-refractivity contribution in [1.29, 1.82) is 0 Å². The molecule has 2 aromatic heterocycles. The molecule has 0 unspecified atom stereocenters. The third kappa shape index (κ3) is 4.63. The maximum absolute atomic E-state index is 13.4. The number of fused-ring (bicyclic) bond motifs is 1. The van der Waals surface area contributed by atoms with Gasteiger partial charge in [0.2, 0.25) is 5.88 Å². The van der Waals surface area contributed by atoms with Crippen molar-refractivity contribution in [3.05, 3.63) is 78.2 Å². The third-order valence-electron chi connectivity index (χ3n) is 5.83. The van der Waals surface area contributed by atoms with E-state index in [1.54, 1.807) is 28.9 Å². The standard InChI is InChI=1S/C25H23FN4O4/c26-19-4-1-3-17(13-19)15-34-24-11-10-23-27-14-22(30(23)28-24)18-6-8-21(9-7-18)33-16-20-5-2-12-29(20)25(31)32/h1,3-4,6-11,13-14,20H,2,5,12,15-16H2,(H,31,32)/t20-/m1/s1. The second kappa shape index (κ2) is 9.38. The average Bonchev–Trinajstić information content (AvgIpc) is 3.49. The molecule has 0 bridgehead atoms. The maximum Gasteiger partial charge on any atom is 0.407 e. The van der Waals surface area contributed by atoms with Crippen LogP contribution in [0.15, 0.2) is 66.9 Å². The highest BCUT2D eigenvalue weighted by Gasteiger charge is 2.28. The van der Waals surface area contributed by atoms with Crippen LogP contribution in [-0.2, 0) is 6.61 Å². The Kier molecular flexibility index (Phi) is 5.99. The zero-order valence-electron chi connectivity index (χ0n) is 18.3. The number of hydrogen-bond donors (Lipinski definition) is 1. The van der Waals surface area contributed by atoms with Crippen molar-refractivity contribution in [3.8, 4) is 22.9 Å². The second-order valence-electron chi connectivity index (χ2n) is 8.11. The smallest absolute Gasteiger partial charge is 0.407 e. The number of amides is 1. The SMILES string of the molecule is O=C(O)N1CCC[C@@H]1COc1ccc(-c2cnc3ccc(OCc4cccc(F)c4)nn23)cc1. The highest BCUT2D eigenvalue weighted by Crippen LogP contribution is 2.25. The monoisotopic (exact) mass is 462 g/mol. The van der Waals surface area contributed by atoms with Gasteiger partial charge in [0.05, 0.1) is 17.9 Å². The minimum Gasteiger partial charge on any atom is -0.491 e. The van der Waals surface area contributed by atoms with E-state index in [1.807, 2.05) is 30.3 Å². The van der Waals surface area contributed by atoms with E-state index in [9.17, 15) is 14.3 Å². The molecular weight excluding hydrogens is 439 g/mol. The molecule has 0 aliphatic carbocycles. The number of aromatic nitrogens is 3. The Labute approximate surface area is 195 Å². The first kappa shape index (κ1) is 21.7. The number of carbonyl (C=O) groups is 1. The summed E-state index contributed by atoms with van der Waals surface area (Å²) in [6.07, 6.45) is 2.49. The number of halogens is 1. The van der Waals surface area contributed by atoms with Crippen molar-refractivity contribution < 1.29 is 23.8 Å². The minimum absolute atomic E-state index is 0.119. The summed E-state index contributed by atoms with van der Waals surface area (Å²) in [5, 5.41) is 13.8. The van der Waals surface area contributed by atoms with Crippen LogP contribution >= 0.6 is 0 Å². The molecule has 1 amide bonds. The molecule has 1 saturated heterocycles. The number of imidazole rings is 1. The van der Waals surface area contributed by atoms with Crippen molar-refractivity contribution in [2.24, 2.45) is 0 Å². The number of carboxylic acid groups (broad SMARTS) is 1. The molecular formula is C25H23FN4O4. The van der Waals surface area contributed by atoms with Crippen LogP contribution in [-0.4, -0.2) is 49.9 Å². The molecule has 1 fully saturated rings. The molecule has 1 N–H and O–H groups in total. The highest BCUT2D eigenvalue weighted by molar-refractivity contribution is 5.66. The van der Waals surface area contributed by atoms with Crippen LogP contribution in [0, 0.1) is 5.82 Å². The van der Waals surface area contributed by atoms with Crippen molar-refractivity contribution in [1.82, 2.24) is 19.5 Å². The molecule has 8 nitrogen and oxygen atoms in total. The van der Waals surface area contributed by atoms with Crippen molar-refractivity contribution >= 4 is 11.7 Å². The largest absolute Gasteiger partial charge is 0.491 e. The molecule has 3 heterocycles. The summed E-state index contributed by atoms with van der Waals surface area (Å²) >= 11 is 0. The van der Waals surface area contributed by atoms with Gasteiger partial charge in [0.1, 0.15) is 24.8 Å². The first-order valence-electron chi connectivity index (χ1n) is 11.0. The lowest BCUT2D eigenvalue weighted by Gasteiger charge is -2.21. The van der Waals surface area contributed by atoms with Crippen molar-refractivity contribution in [2.45, 2.75) is 25.5 Å². The summed E-state index contributed by atoms with van der Waals surface area (Å²) in [6, 6.07) is 17.2. The number of nitrogens with zero attached hydrogens (tertiary/aromatic N) is 4. The fourth-order valence-corrected chi connectivity index (χ4v) is 4.09. The van der Waals surface area contributed by atoms with Gasteiger partial charge in [-0.2, -0.15) is 0 Å². The van der Waals surface area contributed by atoms with Gasteiger partial charge in [0.25, 0.3) is 0 Å². The van der Waals surface area contributed by atoms with Crippen LogP contribution < -0.4 is 9.47 Å². The number of benzene rings is 2. The van der Waals surface area contributed by atoms with Crippen LogP contribution in [0.5, 0.6) is 11.6 Å². The Morgan fingerprint density at radius 3 is 2.76 bits per heavy atom. The van der Waals surface area contributed by atoms with Gasteiger partial charge in [-0.3, -0.25) is 0 Å². The molecule has 1 atom stereocenters. The van der Waals surface area contributed by atoms with E-state index < -0.39 is 6.09 Å². The summed E-state index contributed by atoms with van der Waals surface area (Å²) in [4.78, 5) is 17.1. The summed E-state index contributed by atoms with van der Waals surface area (Å²) < 4.78 is 26.7. The van der Waals surface area contributed by atoms with E-state index in [4.69, 9.17) is 9.47 Å². The first-order valence-corrected chi connectivity index (χ1v) is 11.0.